The minimum atomic E-state index is -0.602. The monoisotopic (exact) mass is 457 g/mol. The number of alkyl carbamates (subject to hydrolysis) is 1. The molecule has 0 saturated heterocycles. The number of anilines is 2. The quantitative estimate of drug-likeness (QED) is 0.498. The van der Waals surface area contributed by atoms with Gasteiger partial charge in [-0.05, 0) is 58.0 Å². The zero-order chi connectivity index (χ0) is 24.3. The van der Waals surface area contributed by atoms with Gasteiger partial charge in [0.15, 0.2) is 18.1 Å². The second kappa shape index (κ2) is 12.3. The number of amides is 3. The number of ether oxygens (including phenoxy) is 3. The summed E-state index contributed by atoms with van der Waals surface area (Å²) in [5.74, 6) is 0.408. The molecule has 2 rings (SSSR count). The maximum atomic E-state index is 12.3. The van der Waals surface area contributed by atoms with Gasteiger partial charge in [0.1, 0.15) is 5.60 Å². The van der Waals surface area contributed by atoms with Crippen LogP contribution < -0.4 is 25.4 Å². The predicted molar refractivity (Wildman–Crippen MR) is 126 cm³/mol. The van der Waals surface area contributed by atoms with Crippen molar-refractivity contribution in [2.45, 2.75) is 39.7 Å². The molecule has 2 aromatic carbocycles. The lowest BCUT2D eigenvalue weighted by Gasteiger charge is -2.19. The second-order valence-corrected chi connectivity index (χ2v) is 8.02. The lowest BCUT2D eigenvalue weighted by atomic mass is 10.2. The fourth-order valence-electron chi connectivity index (χ4n) is 2.67. The molecule has 0 fully saturated rings. The molecule has 0 heterocycles. The van der Waals surface area contributed by atoms with E-state index in [1.54, 1.807) is 63.2 Å². The van der Waals surface area contributed by atoms with Crippen LogP contribution in [0, 0.1) is 0 Å². The molecule has 0 aliphatic rings. The van der Waals surface area contributed by atoms with Gasteiger partial charge in [-0.3, -0.25) is 9.59 Å². The summed E-state index contributed by atoms with van der Waals surface area (Å²) in [6.07, 6.45) is -0.505. The number of benzene rings is 2. The topological polar surface area (TPSA) is 115 Å². The molecule has 9 nitrogen and oxygen atoms in total. The third-order valence-corrected chi connectivity index (χ3v) is 3.96. The molecule has 0 bridgehead atoms. The zero-order valence-electron chi connectivity index (χ0n) is 19.4. The molecular weight excluding hydrogens is 426 g/mol. The van der Waals surface area contributed by atoms with Crippen molar-refractivity contribution in [3.8, 4) is 11.5 Å². The van der Waals surface area contributed by atoms with Gasteiger partial charge in [-0.15, -0.1) is 0 Å². The smallest absolute Gasteiger partial charge is 0.407 e. The molecule has 33 heavy (non-hydrogen) atoms. The summed E-state index contributed by atoms with van der Waals surface area (Å²) in [4.78, 5) is 36.0. The maximum absolute atomic E-state index is 12.3. The number of hydrogen-bond donors (Lipinski definition) is 3. The van der Waals surface area contributed by atoms with Crippen molar-refractivity contribution in [3.05, 3.63) is 48.5 Å². The Balaban J connectivity index is 1.80. The van der Waals surface area contributed by atoms with Crippen molar-refractivity contribution in [1.29, 1.82) is 0 Å². The summed E-state index contributed by atoms with van der Waals surface area (Å²) in [6, 6.07) is 13.9. The van der Waals surface area contributed by atoms with E-state index in [4.69, 9.17) is 14.2 Å². The number of rotatable bonds is 10. The van der Waals surface area contributed by atoms with E-state index in [2.05, 4.69) is 16.0 Å². The summed E-state index contributed by atoms with van der Waals surface area (Å²) in [6.45, 7) is 7.58. The van der Waals surface area contributed by atoms with E-state index in [1.165, 1.54) is 0 Å². The highest BCUT2D eigenvalue weighted by Gasteiger charge is 2.16. The van der Waals surface area contributed by atoms with Crippen LogP contribution in [0.15, 0.2) is 48.5 Å². The van der Waals surface area contributed by atoms with Crippen LogP contribution >= 0.6 is 0 Å². The minimum absolute atomic E-state index is 0.0723. The molecule has 178 valence electrons. The van der Waals surface area contributed by atoms with Crippen molar-refractivity contribution >= 4 is 29.3 Å². The van der Waals surface area contributed by atoms with Gasteiger partial charge in [0.05, 0.1) is 6.61 Å². The first-order valence-corrected chi connectivity index (χ1v) is 10.7. The highest BCUT2D eigenvalue weighted by atomic mass is 16.6. The van der Waals surface area contributed by atoms with E-state index < -0.39 is 11.7 Å². The van der Waals surface area contributed by atoms with Crippen LogP contribution in [0.4, 0.5) is 16.2 Å². The molecule has 3 N–H and O–H groups in total. The largest absolute Gasteiger partial charge is 0.490 e. The Labute approximate surface area is 193 Å². The molecule has 0 spiro atoms. The van der Waals surface area contributed by atoms with Crippen LogP contribution in [-0.4, -0.2) is 43.3 Å². The molecule has 2 aromatic rings. The summed E-state index contributed by atoms with van der Waals surface area (Å²) in [5, 5.41) is 7.99. The van der Waals surface area contributed by atoms with E-state index in [-0.39, 0.29) is 31.4 Å². The Hall–Kier alpha value is -3.75. The maximum Gasteiger partial charge on any atom is 0.407 e. The van der Waals surface area contributed by atoms with Crippen LogP contribution in [0.5, 0.6) is 11.5 Å². The van der Waals surface area contributed by atoms with Gasteiger partial charge in [0.2, 0.25) is 5.91 Å². The first-order chi connectivity index (χ1) is 15.7. The number of carbonyl (C=O) groups excluding carboxylic acids is 3. The van der Waals surface area contributed by atoms with Gasteiger partial charge in [-0.1, -0.05) is 18.2 Å². The molecule has 0 aromatic heterocycles. The van der Waals surface area contributed by atoms with Gasteiger partial charge in [-0.2, -0.15) is 0 Å². The summed E-state index contributed by atoms with van der Waals surface area (Å²) < 4.78 is 16.2. The fourth-order valence-corrected chi connectivity index (χ4v) is 2.67. The first-order valence-electron chi connectivity index (χ1n) is 10.7. The normalized spacial score (nSPS) is 10.7. The lowest BCUT2D eigenvalue weighted by Crippen LogP contribution is -2.34. The Morgan fingerprint density at radius 1 is 0.848 bits per heavy atom. The Bertz CT molecular complexity index is 955. The van der Waals surface area contributed by atoms with Crippen LogP contribution in [-0.2, 0) is 14.3 Å². The standard InChI is InChI=1S/C24H31N3O6/c1-5-31-19-11-6-7-12-20(19)32-16-22(29)27-18-10-8-9-17(15-18)26-21(28)13-14-25-23(30)33-24(2,3)4/h6-12,15H,5,13-14,16H2,1-4H3,(H,25,30)(H,26,28)(H,27,29). The molecule has 0 atom stereocenters. The van der Waals surface area contributed by atoms with Crippen LogP contribution in [0.3, 0.4) is 0 Å². The molecule has 0 saturated carbocycles. The molecule has 3 amide bonds. The van der Waals surface area contributed by atoms with Crippen molar-refractivity contribution in [2.75, 3.05) is 30.4 Å². The molecule has 0 aliphatic heterocycles. The third-order valence-electron chi connectivity index (χ3n) is 3.96. The summed E-state index contributed by atoms with van der Waals surface area (Å²) >= 11 is 0. The van der Waals surface area contributed by atoms with Crippen LogP contribution in [0.1, 0.15) is 34.1 Å². The van der Waals surface area contributed by atoms with Crippen LogP contribution in [0.2, 0.25) is 0 Å². The predicted octanol–water partition coefficient (Wildman–Crippen LogP) is 3.96. The van der Waals surface area contributed by atoms with Crippen LogP contribution in [0.25, 0.3) is 0 Å². The van der Waals surface area contributed by atoms with Crippen molar-refractivity contribution in [1.82, 2.24) is 5.32 Å². The fraction of sp³-hybridized carbons (Fsp3) is 0.375. The van der Waals surface area contributed by atoms with Crippen molar-refractivity contribution in [3.63, 3.8) is 0 Å². The van der Waals surface area contributed by atoms with E-state index in [1.807, 2.05) is 13.0 Å². The van der Waals surface area contributed by atoms with Gasteiger partial charge in [0, 0.05) is 24.3 Å². The van der Waals surface area contributed by atoms with E-state index in [0.717, 1.165) is 0 Å². The Kier molecular flexibility index (Phi) is 9.53. The average molecular weight is 458 g/mol. The number of para-hydroxylation sites is 2. The van der Waals surface area contributed by atoms with Gasteiger partial charge < -0.3 is 30.2 Å². The summed E-state index contributed by atoms with van der Waals surface area (Å²) in [5.41, 5.74) is 0.415. The van der Waals surface area contributed by atoms with E-state index in [9.17, 15) is 14.4 Å². The molecule has 0 aliphatic carbocycles. The highest BCUT2D eigenvalue weighted by molar-refractivity contribution is 5.94. The SMILES string of the molecule is CCOc1ccccc1OCC(=O)Nc1cccc(NC(=O)CCNC(=O)OC(C)(C)C)c1. The second-order valence-electron chi connectivity index (χ2n) is 8.02. The van der Waals surface area contributed by atoms with Crippen molar-refractivity contribution < 1.29 is 28.6 Å². The van der Waals surface area contributed by atoms with Gasteiger partial charge in [0.25, 0.3) is 5.91 Å². The Morgan fingerprint density at radius 2 is 1.45 bits per heavy atom. The lowest BCUT2D eigenvalue weighted by molar-refractivity contribution is -0.118. The van der Waals surface area contributed by atoms with E-state index >= 15 is 0 Å². The van der Waals surface area contributed by atoms with Gasteiger partial charge >= 0.3 is 6.09 Å². The molecular formula is C24H31N3O6. The average Bonchev–Trinajstić information content (AvgIpc) is 2.72. The number of carbonyl (C=O) groups is 3. The first kappa shape index (κ1) is 25.5. The highest BCUT2D eigenvalue weighted by Crippen LogP contribution is 2.26. The zero-order valence-corrected chi connectivity index (χ0v) is 19.4. The van der Waals surface area contributed by atoms with E-state index in [0.29, 0.717) is 29.5 Å². The summed E-state index contributed by atoms with van der Waals surface area (Å²) in [7, 11) is 0. The third kappa shape index (κ3) is 9.94. The number of nitrogens with one attached hydrogen (secondary N) is 3. The number of hydrogen-bond acceptors (Lipinski definition) is 6. The molecule has 9 heteroatoms. The Morgan fingerprint density at radius 3 is 2.06 bits per heavy atom. The van der Waals surface area contributed by atoms with Crippen molar-refractivity contribution in [2.24, 2.45) is 0 Å². The van der Waals surface area contributed by atoms with Gasteiger partial charge in [-0.25, -0.2) is 4.79 Å². The minimum Gasteiger partial charge on any atom is -0.490 e. The molecule has 0 radical (unpaired) electrons. The molecule has 0 unspecified atom stereocenters.